The summed E-state index contributed by atoms with van der Waals surface area (Å²) in [5.41, 5.74) is 1.72. The fourth-order valence-electron chi connectivity index (χ4n) is 1.63. The van der Waals surface area contributed by atoms with E-state index >= 15 is 0 Å². The Balaban J connectivity index is 2.02. The number of rotatable bonds is 5. The van der Waals surface area contributed by atoms with Crippen LogP contribution in [0.5, 0.6) is 0 Å². The van der Waals surface area contributed by atoms with Crippen LogP contribution < -0.4 is 11.1 Å². The van der Waals surface area contributed by atoms with Crippen LogP contribution in [0.25, 0.3) is 11.1 Å². The molecule has 0 unspecified atom stereocenters. The average Bonchev–Trinajstić information content (AvgIpc) is 2.69. The van der Waals surface area contributed by atoms with Crippen LogP contribution in [0.15, 0.2) is 27.4 Å². The second kappa shape index (κ2) is 5.86. The van der Waals surface area contributed by atoms with E-state index in [0.29, 0.717) is 23.2 Å². The standard InChI is InChI=1S/C12H13BrN2O3/c13-6-2-1-3-11(16)14-8-4-5-10-9(7-8)15-12(17)18-10/h4-5,7H,1-3,6H2,(H,14,16)(H,15,17). The number of hydrogen-bond acceptors (Lipinski definition) is 3. The third-order valence-corrected chi connectivity index (χ3v) is 3.05. The highest BCUT2D eigenvalue weighted by Crippen LogP contribution is 2.16. The van der Waals surface area contributed by atoms with Crippen LogP contribution in [0.4, 0.5) is 5.69 Å². The van der Waals surface area contributed by atoms with Crippen molar-refractivity contribution in [2.45, 2.75) is 19.3 Å². The van der Waals surface area contributed by atoms with Crippen molar-refractivity contribution in [3.05, 3.63) is 28.7 Å². The zero-order chi connectivity index (χ0) is 13.0. The minimum Gasteiger partial charge on any atom is -0.408 e. The molecule has 2 aromatic rings. The fraction of sp³-hybridized carbons (Fsp3) is 0.333. The van der Waals surface area contributed by atoms with E-state index < -0.39 is 5.76 Å². The van der Waals surface area contributed by atoms with Crippen LogP contribution in [0.1, 0.15) is 19.3 Å². The highest BCUT2D eigenvalue weighted by molar-refractivity contribution is 9.09. The maximum atomic E-state index is 11.6. The molecule has 2 rings (SSSR count). The molecule has 18 heavy (non-hydrogen) atoms. The van der Waals surface area contributed by atoms with Crippen molar-refractivity contribution >= 4 is 38.6 Å². The summed E-state index contributed by atoms with van der Waals surface area (Å²) in [4.78, 5) is 25.1. The Hall–Kier alpha value is -1.56. The number of halogens is 1. The zero-order valence-corrected chi connectivity index (χ0v) is 11.2. The second-order valence-electron chi connectivity index (χ2n) is 3.92. The predicted molar refractivity (Wildman–Crippen MR) is 73.1 cm³/mol. The van der Waals surface area contributed by atoms with Crippen molar-refractivity contribution in [2.75, 3.05) is 10.6 Å². The van der Waals surface area contributed by atoms with Gasteiger partial charge in [0, 0.05) is 17.4 Å². The smallest absolute Gasteiger partial charge is 0.408 e. The van der Waals surface area contributed by atoms with Crippen molar-refractivity contribution in [2.24, 2.45) is 0 Å². The maximum absolute atomic E-state index is 11.6. The van der Waals surface area contributed by atoms with Gasteiger partial charge >= 0.3 is 5.76 Å². The van der Waals surface area contributed by atoms with Crippen molar-refractivity contribution in [3.8, 4) is 0 Å². The molecule has 1 aromatic heterocycles. The topological polar surface area (TPSA) is 75.1 Å². The number of fused-ring (bicyclic) bond motifs is 1. The number of aromatic amines is 1. The molecule has 0 saturated carbocycles. The summed E-state index contributed by atoms with van der Waals surface area (Å²) in [5.74, 6) is -0.521. The molecule has 0 aliphatic carbocycles. The van der Waals surface area contributed by atoms with E-state index in [1.807, 2.05) is 0 Å². The molecule has 1 aromatic carbocycles. The first kappa shape index (κ1) is 12.9. The van der Waals surface area contributed by atoms with Crippen LogP contribution in [-0.2, 0) is 4.79 Å². The Kier molecular flexibility index (Phi) is 4.19. The van der Waals surface area contributed by atoms with Crippen LogP contribution in [0.2, 0.25) is 0 Å². The lowest BCUT2D eigenvalue weighted by Gasteiger charge is -2.04. The van der Waals surface area contributed by atoms with E-state index in [9.17, 15) is 9.59 Å². The third kappa shape index (κ3) is 3.22. The van der Waals surface area contributed by atoms with Crippen molar-refractivity contribution in [1.82, 2.24) is 4.98 Å². The number of H-pyrrole nitrogens is 1. The van der Waals surface area contributed by atoms with E-state index in [1.165, 1.54) is 0 Å². The van der Waals surface area contributed by atoms with Gasteiger partial charge in [-0.25, -0.2) is 4.79 Å². The molecular formula is C12H13BrN2O3. The maximum Gasteiger partial charge on any atom is 0.417 e. The Bertz CT molecular complexity index is 603. The molecule has 0 aliphatic heterocycles. The van der Waals surface area contributed by atoms with Gasteiger partial charge in [-0.2, -0.15) is 0 Å². The van der Waals surface area contributed by atoms with E-state index in [1.54, 1.807) is 18.2 Å². The van der Waals surface area contributed by atoms with Gasteiger partial charge in [0.1, 0.15) is 0 Å². The van der Waals surface area contributed by atoms with Gasteiger partial charge in [-0.1, -0.05) is 15.9 Å². The number of hydrogen-bond donors (Lipinski definition) is 2. The molecular weight excluding hydrogens is 300 g/mol. The predicted octanol–water partition coefficient (Wildman–Crippen LogP) is 2.62. The van der Waals surface area contributed by atoms with Gasteiger partial charge in [0.05, 0.1) is 5.52 Å². The number of anilines is 1. The first-order valence-corrected chi connectivity index (χ1v) is 6.80. The molecule has 0 aliphatic rings. The molecule has 0 saturated heterocycles. The summed E-state index contributed by atoms with van der Waals surface area (Å²) in [6.07, 6.45) is 2.31. The molecule has 1 amide bonds. The lowest BCUT2D eigenvalue weighted by molar-refractivity contribution is -0.116. The number of oxazole rings is 1. The summed E-state index contributed by atoms with van der Waals surface area (Å²) in [7, 11) is 0. The van der Waals surface area contributed by atoms with Crippen molar-refractivity contribution < 1.29 is 9.21 Å². The van der Waals surface area contributed by atoms with E-state index in [2.05, 4.69) is 26.2 Å². The van der Waals surface area contributed by atoms with Crippen LogP contribution >= 0.6 is 15.9 Å². The van der Waals surface area contributed by atoms with Crippen LogP contribution in [0.3, 0.4) is 0 Å². The molecule has 0 spiro atoms. The first-order chi connectivity index (χ1) is 8.69. The third-order valence-electron chi connectivity index (χ3n) is 2.49. The average molecular weight is 313 g/mol. The molecule has 1 heterocycles. The van der Waals surface area contributed by atoms with Gasteiger partial charge in [0.15, 0.2) is 5.58 Å². The number of aromatic nitrogens is 1. The number of carbonyl (C=O) groups is 1. The van der Waals surface area contributed by atoms with Gasteiger partial charge in [-0.05, 0) is 31.0 Å². The Morgan fingerprint density at radius 3 is 3.00 bits per heavy atom. The lowest BCUT2D eigenvalue weighted by Crippen LogP contribution is -2.10. The Morgan fingerprint density at radius 2 is 2.22 bits per heavy atom. The van der Waals surface area contributed by atoms with E-state index in [-0.39, 0.29) is 5.91 Å². The highest BCUT2D eigenvalue weighted by atomic mass is 79.9. The number of benzene rings is 1. The van der Waals surface area contributed by atoms with Gasteiger partial charge in [0.25, 0.3) is 0 Å². The first-order valence-electron chi connectivity index (χ1n) is 5.68. The van der Waals surface area contributed by atoms with Gasteiger partial charge in [-0.15, -0.1) is 0 Å². The van der Waals surface area contributed by atoms with Crippen LogP contribution in [0, 0.1) is 0 Å². The number of unbranched alkanes of at least 4 members (excludes halogenated alkanes) is 1. The van der Waals surface area contributed by atoms with Crippen LogP contribution in [-0.4, -0.2) is 16.2 Å². The number of amides is 1. The molecule has 0 atom stereocenters. The van der Waals surface area contributed by atoms with Gasteiger partial charge in [0.2, 0.25) is 5.91 Å². The lowest BCUT2D eigenvalue weighted by atomic mass is 10.2. The zero-order valence-electron chi connectivity index (χ0n) is 9.66. The van der Waals surface area contributed by atoms with E-state index in [0.717, 1.165) is 18.2 Å². The minimum absolute atomic E-state index is 0.0267. The molecule has 5 nitrogen and oxygen atoms in total. The largest absolute Gasteiger partial charge is 0.417 e. The molecule has 0 bridgehead atoms. The highest BCUT2D eigenvalue weighted by Gasteiger charge is 2.05. The minimum atomic E-state index is -0.495. The molecule has 96 valence electrons. The van der Waals surface area contributed by atoms with Crippen molar-refractivity contribution in [3.63, 3.8) is 0 Å². The Labute approximate surface area is 112 Å². The summed E-state index contributed by atoms with van der Waals surface area (Å²) < 4.78 is 4.88. The molecule has 0 radical (unpaired) electrons. The molecule has 0 fully saturated rings. The fourth-order valence-corrected chi connectivity index (χ4v) is 2.03. The SMILES string of the molecule is O=C(CCCCBr)Nc1ccc2oc(=O)[nH]c2c1. The number of alkyl halides is 1. The number of carbonyl (C=O) groups excluding carboxylic acids is 1. The summed E-state index contributed by atoms with van der Waals surface area (Å²) in [6, 6.07) is 5.05. The van der Waals surface area contributed by atoms with Gasteiger partial charge in [-0.3, -0.25) is 9.78 Å². The normalized spacial score (nSPS) is 10.7. The Morgan fingerprint density at radius 1 is 1.39 bits per heavy atom. The number of nitrogens with one attached hydrogen (secondary N) is 2. The summed E-state index contributed by atoms with van der Waals surface area (Å²) in [5, 5.41) is 3.69. The van der Waals surface area contributed by atoms with Gasteiger partial charge < -0.3 is 9.73 Å². The molecule has 2 N–H and O–H groups in total. The monoisotopic (exact) mass is 312 g/mol. The second-order valence-corrected chi connectivity index (χ2v) is 4.71. The van der Waals surface area contributed by atoms with Crippen molar-refractivity contribution in [1.29, 1.82) is 0 Å². The molecule has 6 heteroatoms. The van der Waals surface area contributed by atoms with E-state index in [4.69, 9.17) is 4.42 Å². The summed E-state index contributed by atoms with van der Waals surface area (Å²) >= 11 is 3.32. The quantitative estimate of drug-likeness (QED) is 0.658. The summed E-state index contributed by atoms with van der Waals surface area (Å²) in [6.45, 7) is 0.